The zero-order valence-electron chi connectivity index (χ0n) is 11.9. The largest absolute Gasteiger partial charge is 0.332 e. The number of anilines is 2. The Morgan fingerprint density at radius 3 is 2.52 bits per heavy atom. The van der Waals surface area contributed by atoms with Crippen molar-refractivity contribution in [3.63, 3.8) is 0 Å². The van der Waals surface area contributed by atoms with Crippen molar-refractivity contribution in [1.82, 2.24) is 4.98 Å². The van der Waals surface area contributed by atoms with Crippen molar-refractivity contribution in [2.75, 3.05) is 5.32 Å². The Bertz CT molecular complexity index is 763. The molecule has 0 radical (unpaired) electrons. The fourth-order valence-electron chi connectivity index (χ4n) is 2.17. The molecule has 21 heavy (non-hydrogen) atoms. The van der Waals surface area contributed by atoms with Crippen LogP contribution in [-0.2, 0) is 0 Å². The average Bonchev–Trinajstić information content (AvgIpc) is 2.80. The van der Waals surface area contributed by atoms with Crippen molar-refractivity contribution < 1.29 is 0 Å². The molecule has 0 bridgehead atoms. The molecule has 0 spiro atoms. The van der Waals surface area contributed by atoms with Gasteiger partial charge in [0.1, 0.15) is 0 Å². The molecule has 0 amide bonds. The maximum Gasteiger partial charge on any atom is 0.187 e. The van der Waals surface area contributed by atoms with E-state index in [9.17, 15) is 0 Å². The summed E-state index contributed by atoms with van der Waals surface area (Å²) in [5.74, 6) is 0. The van der Waals surface area contributed by atoms with E-state index in [0.717, 1.165) is 26.5 Å². The molecule has 3 aromatic rings. The lowest BCUT2D eigenvalue weighted by atomic mass is 10.1. The minimum atomic E-state index is 0.927. The molecule has 2 nitrogen and oxygen atoms in total. The van der Waals surface area contributed by atoms with Gasteiger partial charge in [0, 0.05) is 20.6 Å². The maximum atomic E-state index is 4.73. The first-order chi connectivity index (χ1) is 10.1. The van der Waals surface area contributed by atoms with Gasteiger partial charge in [-0.2, -0.15) is 0 Å². The van der Waals surface area contributed by atoms with Crippen LogP contribution in [0.2, 0.25) is 0 Å². The lowest BCUT2D eigenvalue weighted by molar-refractivity contribution is 1.35. The van der Waals surface area contributed by atoms with Gasteiger partial charge in [-0.15, -0.1) is 11.3 Å². The molecule has 0 fully saturated rings. The number of aromatic nitrogens is 1. The monoisotopic (exact) mass is 358 g/mol. The molecule has 1 N–H and O–H groups in total. The first-order valence-electron chi connectivity index (χ1n) is 6.69. The molecule has 0 saturated carbocycles. The lowest BCUT2D eigenvalue weighted by Crippen LogP contribution is -1.89. The van der Waals surface area contributed by atoms with E-state index < -0.39 is 0 Å². The van der Waals surface area contributed by atoms with Crippen LogP contribution >= 0.6 is 27.3 Å². The highest BCUT2D eigenvalue weighted by atomic mass is 79.9. The molecule has 0 aliphatic carbocycles. The summed E-state index contributed by atoms with van der Waals surface area (Å²) < 4.78 is 1.08. The molecule has 0 aliphatic heterocycles. The van der Waals surface area contributed by atoms with Gasteiger partial charge < -0.3 is 5.32 Å². The van der Waals surface area contributed by atoms with Crippen molar-refractivity contribution in [2.24, 2.45) is 0 Å². The summed E-state index contributed by atoms with van der Waals surface area (Å²) in [4.78, 5) is 5.94. The van der Waals surface area contributed by atoms with E-state index in [0.29, 0.717) is 0 Å². The van der Waals surface area contributed by atoms with E-state index in [1.807, 2.05) is 18.2 Å². The summed E-state index contributed by atoms with van der Waals surface area (Å²) in [7, 11) is 0. The number of halogens is 1. The molecule has 1 aromatic heterocycles. The zero-order chi connectivity index (χ0) is 14.8. The minimum absolute atomic E-state index is 0.927. The van der Waals surface area contributed by atoms with Gasteiger partial charge >= 0.3 is 0 Å². The summed E-state index contributed by atoms with van der Waals surface area (Å²) in [6.45, 7) is 4.20. The molecular weight excluding hydrogens is 344 g/mol. The van der Waals surface area contributed by atoms with Crippen LogP contribution in [0, 0.1) is 13.8 Å². The Labute approximate surface area is 137 Å². The summed E-state index contributed by atoms with van der Waals surface area (Å²) >= 11 is 5.14. The van der Waals surface area contributed by atoms with E-state index in [1.165, 1.54) is 10.4 Å². The van der Waals surface area contributed by atoms with Gasteiger partial charge in [-0.1, -0.05) is 40.2 Å². The highest BCUT2D eigenvalue weighted by molar-refractivity contribution is 9.10. The predicted octanol–water partition coefficient (Wildman–Crippen LogP) is 5.93. The Balaban J connectivity index is 1.89. The van der Waals surface area contributed by atoms with Gasteiger partial charge in [-0.25, -0.2) is 4.98 Å². The molecule has 4 heteroatoms. The second-order valence-electron chi connectivity index (χ2n) is 4.93. The normalized spacial score (nSPS) is 10.6. The number of hydrogen-bond donors (Lipinski definition) is 1. The number of hydrogen-bond acceptors (Lipinski definition) is 3. The highest BCUT2D eigenvalue weighted by Gasteiger charge is 2.10. The Morgan fingerprint density at radius 2 is 1.81 bits per heavy atom. The molecule has 1 heterocycles. The van der Waals surface area contributed by atoms with Crippen LogP contribution in [0.4, 0.5) is 10.8 Å². The second-order valence-corrected chi connectivity index (χ2v) is 7.04. The summed E-state index contributed by atoms with van der Waals surface area (Å²) in [5, 5.41) is 4.31. The van der Waals surface area contributed by atoms with Crippen LogP contribution in [0.1, 0.15) is 10.4 Å². The SMILES string of the molecule is Cc1cccc(Nc2nc(-c3ccc(Br)cc3)c(C)s2)c1. The molecule has 3 rings (SSSR count). The van der Waals surface area contributed by atoms with E-state index in [1.54, 1.807) is 11.3 Å². The third-order valence-electron chi connectivity index (χ3n) is 3.18. The van der Waals surface area contributed by atoms with E-state index in [2.05, 4.69) is 65.4 Å². The van der Waals surface area contributed by atoms with E-state index in [-0.39, 0.29) is 0 Å². The minimum Gasteiger partial charge on any atom is -0.332 e. The fourth-order valence-corrected chi connectivity index (χ4v) is 3.29. The van der Waals surface area contributed by atoms with Gasteiger partial charge in [0.25, 0.3) is 0 Å². The molecule has 0 unspecified atom stereocenters. The zero-order valence-corrected chi connectivity index (χ0v) is 14.3. The number of rotatable bonds is 3. The van der Waals surface area contributed by atoms with Crippen LogP contribution in [0.15, 0.2) is 53.0 Å². The number of nitrogens with one attached hydrogen (secondary N) is 1. The van der Waals surface area contributed by atoms with E-state index >= 15 is 0 Å². The average molecular weight is 359 g/mol. The van der Waals surface area contributed by atoms with Gasteiger partial charge in [-0.05, 0) is 43.7 Å². The number of benzene rings is 2. The highest BCUT2D eigenvalue weighted by Crippen LogP contribution is 2.32. The van der Waals surface area contributed by atoms with Crippen LogP contribution in [-0.4, -0.2) is 4.98 Å². The van der Waals surface area contributed by atoms with Gasteiger partial charge in [0.2, 0.25) is 0 Å². The molecular formula is C17H15BrN2S. The first-order valence-corrected chi connectivity index (χ1v) is 8.30. The molecule has 106 valence electrons. The third kappa shape index (κ3) is 3.34. The number of aryl methyl sites for hydroxylation is 2. The van der Waals surface area contributed by atoms with Crippen LogP contribution in [0.5, 0.6) is 0 Å². The Hall–Kier alpha value is -1.65. The van der Waals surface area contributed by atoms with Crippen molar-refractivity contribution in [2.45, 2.75) is 13.8 Å². The summed E-state index contributed by atoms with van der Waals surface area (Å²) in [6, 6.07) is 16.6. The molecule has 0 aliphatic rings. The molecule has 0 atom stereocenters. The van der Waals surface area contributed by atoms with Gasteiger partial charge in [-0.3, -0.25) is 0 Å². The standard InChI is InChI=1S/C17H15BrN2S/c1-11-4-3-5-15(10-11)19-17-20-16(12(2)21-17)13-6-8-14(18)9-7-13/h3-10H,1-2H3,(H,19,20). The Kier molecular flexibility index (Phi) is 4.08. The van der Waals surface area contributed by atoms with Crippen LogP contribution in [0.25, 0.3) is 11.3 Å². The summed E-state index contributed by atoms with van der Waals surface area (Å²) in [6.07, 6.45) is 0. The van der Waals surface area contributed by atoms with Crippen molar-refractivity contribution in [3.05, 3.63) is 63.4 Å². The van der Waals surface area contributed by atoms with Gasteiger partial charge in [0.15, 0.2) is 5.13 Å². The topological polar surface area (TPSA) is 24.9 Å². The lowest BCUT2D eigenvalue weighted by Gasteiger charge is -2.03. The third-order valence-corrected chi connectivity index (χ3v) is 4.60. The van der Waals surface area contributed by atoms with Crippen LogP contribution < -0.4 is 5.32 Å². The molecule has 2 aromatic carbocycles. The maximum absolute atomic E-state index is 4.73. The van der Waals surface area contributed by atoms with Crippen molar-refractivity contribution >= 4 is 38.1 Å². The van der Waals surface area contributed by atoms with Crippen LogP contribution in [0.3, 0.4) is 0 Å². The number of thiazole rings is 1. The Morgan fingerprint density at radius 1 is 1.05 bits per heavy atom. The van der Waals surface area contributed by atoms with Gasteiger partial charge in [0.05, 0.1) is 5.69 Å². The van der Waals surface area contributed by atoms with Crippen molar-refractivity contribution in [1.29, 1.82) is 0 Å². The number of nitrogens with zero attached hydrogens (tertiary/aromatic N) is 1. The smallest absolute Gasteiger partial charge is 0.187 e. The van der Waals surface area contributed by atoms with E-state index in [4.69, 9.17) is 4.98 Å². The van der Waals surface area contributed by atoms with Crippen molar-refractivity contribution in [3.8, 4) is 11.3 Å². The fraction of sp³-hybridized carbons (Fsp3) is 0.118. The second kappa shape index (κ2) is 6.00. The predicted molar refractivity (Wildman–Crippen MR) is 94.4 cm³/mol. The quantitative estimate of drug-likeness (QED) is 0.627. The first kappa shape index (κ1) is 14.3. The summed E-state index contributed by atoms with van der Waals surface area (Å²) in [5.41, 5.74) is 4.50. The molecule has 0 saturated heterocycles.